The van der Waals surface area contributed by atoms with Crippen LogP contribution in [0.15, 0.2) is 54.6 Å². The summed E-state index contributed by atoms with van der Waals surface area (Å²) in [6.45, 7) is 0. The van der Waals surface area contributed by atoms with Crippen molar-refractivity contribution in [2.45, 2.75) is 19.3 Å². The Kier molecular flexibility index (Phi) is 5.63. The third-order valence-corrected chi connectivity index (χ3v) is 3.28. The van der Waals surface area contributed by atoms with Gasteiger partial charge in [-0.1, -0.05) is 42.5 Å². The molecule has 0 unspecified atom stereocenters. The van der Waals surface area contributed by atoms with Gasteiger partial charge in [-0.25, -0.2) is 0 Å². The summed E-state index contributed by atoms with van der Waals surface area (Å²) in [7, 11) is 0. The van der Waals surface area contributed by atoms with Crippen LogP contribution in [-0.4, -0.2) is 11.8 Å². The lowest BCUT2D eigenvalue weighted by molar-refractivity contribution is -0.115. The molecular formula is C17H18ClNO. The van der Waals surface area contributed by atoms with Gasteiger partial charge in [0, 0.05) is 11.6 Å². The lowest BCUT2D eigenvalue weighted by Gasteiger charge is -2.07. The van der Waals surface area contributed by atoms with Crippen LogP contribution in [-0.2, 0) is 17.6 Å². The summed E-state index contributed by atoms with van der Waals surface area (Å²) in [5, 5.41) is 2.94. The third-order valence-electron chi connectivity index (χ3n) is 3.02. The molecule has 0 fully saturated rings. The Morgan fingerprint density at radius 1 is 1.00 bits per heavy atom. The molecule has 0 atom stereocenters. The van der Waals surface area contributed by atoms with Gasteiger partial charge in [-0.15, -0.1) is 11.6 Å². The number of amides is 1. The minimum Gasteiger partial charge on any atom is -0.326 e. The molecule has 2 nitrogen and oxygen atoms in total. The van der Waals surface area contributed by atoms with Gasteiger partial charge < -0.3 is 5.32 Å². The smallest absolute Gasteiger partial charge is 0.228 e. The van der Waals surface area contributed by atoms with Gasteiger partial charge in [-0.05, 0) is 36.1 Å². The Hall–Kier alpha value is -1.80. The Bertz CT molecular complexity index is 554. The number of alkyl halides is 1. The van der Waals surface area contributed by atoms with Gasteiger partial charge in [0.15, 0.2) is 0 Å². The number of benzene rings is 2. The Morgan fingerprint density at radius 2 is 1.75 bits per heavy atom. The van der Waals surface area contributed by atoms with Crippen molar-refractivity contribution in [1.29, 1.82) is 0 Å². The summed E-state index contributed by atoms with van der Waals surface area (Å²) < 4.78 is 0. The van der Waals surface area contributed by atoms with Gasteiger partial charge in [-0.2, -0.15) is 0 Å². The minimum absolute atomic E-state index is 0.00527. The van der Waals surface area contributed by atoms with E-state index in [2.05, 4.69) is 11.4 Å². The first-order valence-electron chi connectivity index (χ1n) is 6.76. The number of anilines is 1. The highest BCUT2D eigenvalue weighted by Crippen LogP contribution is 2.13. The lowest BCUT2D eigenvalue weighted by atomic mass is 10.1. The van der Waals surface area contributed by atoms with E-state index in [1.807, 2.05) is 48.5 Å². The van der Waals surface area contributed by atoms with Crippen LogP contribution in [0.25, 0.3) is 0 Å². The maximum atomic E-state index is 12.0. The molecule has 0 spiro atoms. The molecule has 0 aromatic heterocycles. The molecule has 0 bridgehead atoms. The molecule has 0 aliphatic rings. The monoisotopic (exact) mass is 287 g/mol. The SMILES string of the molecule is O=C(Cc1ccccc1)Nc1cccc(CCCCl)c1. The molecule has 2 rings (SSSR count). The number of halogens is 1. The second-order valence-corrected chi connectivity index (χ2v) is 5.08. The molecule has 2 aromatic rings. The largest absolute Gasteiger partial charge is 0.326 e. The van der Waals surface area contributed by atoms with Crippen LogP contribution in [0.4, 0.5) is 5.69 Å². The average Bonchev–Trinajstić information content (AvgIpc) is 2.46. The molecule has 1 N–H and O–H groups in total. The van der Waals surface area contributed by atoms with E-state index in [1.54, 1.807) is 0 Å². The van der Waals surface area contributed by atoms with E-state index in [4.69, 9.17) is 11.6 Å². The normalized spacial score (nSPS) is 10.2. The number of carbonyl (C=O) groups is 1. The van der Waals surface area contributed by atoms with Crippen molar-refractivity contribution < 1.29 is 4.79 Å². The molecule has 104 valence electrons. The molecule has 0 saturated heterocycles. The predicted octanol–water partition coefficient (Wildman–Crippen LogP) is 4.04. The Balaban J connectivity index is 1.94. The Labute approximate surface area is 124 Å². The van der Waals surface area contributed by atoms with Crippen molar-refractivity contribution in [1.82, 2.24) is 0 Å². The molecule has 0 radical (unpaired) electrons. The Morgan fingerprint density at radius 3 is 2.50 bits per heavy atom. The van der Waals surface area contributed by atoms with Crippen LogP contribution >= 0.6 is 11.6 Å². The topological polar surface area (TPSA) is 29.1 Å². The van der Waals surface area contributed by atoms with Gasteiger partial charge in [0.25, 0.3) is 0 Å². The molecule has 2 aromatic carbocycles. The third kappa shape index (κ3) is 4.71. The van der Waals surface area contributed by atoms with Crippen molar-refractivity contribution in [2.75, 3.05) is 11.2 Å². The van der Waals surface area contributed by atoms with Crippen LogP contribution in [0.5, 0.6) is 0 Å². The van der Waals surface area contributed by atoms with Gasteiger partial charge in [0.05, 0.1) is 6.42 Å². The zero-order valence-electron chi connectivity index (χ0n) is 11.3. The van der Waals surface area contributed by atoms with E-state index in [0.717, 1.165) is 24.1 Å². The molecule has 0 saturated carbocycles. The standard InChI is InChI=1S/C17H18ClNO/c18-11-5-9-14-8-4-10-16(12-14)19-17(20)13-15-6-2-1-3-7-15/h1-4,6-8,10,12H,5,9,11,13H2,(H,19,20). The highest BCUT2D eigenvalue weighted by Gasteiger charge is 2.04. The summed E-state index contributed by atoms with van der Waals surface area (Å²) in [5.41, 5.74) is 3.06. The quantitative estimate of drug-likeness (QED) is 0.798. The van der Waals surface area contributed by atoms with Crippen LogP contribution in [0.3, 0.4) is 0 Å². The van der Waals surface area contributed by atoms with Crippen LogP contribution in [0.1, 0.15) is 17.5 Å². The van der Waals surface area contributed by atoms with E-state index >= 15 is 0 Å². The van der Waals surface area contributed by atoms with E-state index in [9.17, 15) is 4.79 Å². The van der Waals surface area contributed by atoms with Crippen molar-refractivity contribution in [2.24, 2.45) is 0 Å². The number of aryl methyl sites for hydroxylation is 1. The molecule has 0 aliphatic carbocycles. The van der Waals surface area contributed by atoms with E-state index in [1.165, 1.54) is 5.56 Å². The first-order valence-corrected chi connectivity index (χ1v) is 7.30. The number of carbonyl (C=O) groups excluding carboxylic acids is 1. The van der Waals surface area contributed by atoms with Crippen molar-refractivity contribution in [3.63, 3.8) is 0 Å². The molecular weight excluding hydrogens is 270 g/mol. The first kappa shape index (κ1) is 14.6. The van der Waals surface area contributed by atoms with Crippen LogP contribution < -0.4 is 5.32 Å². The summed E-state index contributed by atoms with van der Waals surface area (Å²) in [5.74, 6) is 0.663. The maximum Gasteiger partial charge on any atom is 0.228 e. The second-order valence-electron chi connectivity index (χ2n) is 4.70. The number of rotatable bonds is 6. The summed E-state index contributed by atoms with van der Waals surface area (Å²) in [4.78, 5) is 12.0. The zero-order valence-corrected chi connectivity index (χ0v) is 12.1. The van der Waals surface area contributed by atoms with Gasteiger partial charge in [-0.3, -0.25) is 4.79 Å². The zero-order chi connectivity index (χ0) is 14.2. The van der Waals surface area contributed by atoms with E-state index in [-0.39, 0.29) is 5.91 Å². The van der Waals surface area contributed by atoms with E-state index in [0.29, 0.717) is 12.3 Å². The fourth-order valence-electron chi connectivity index (χ4n) is 2.06. The number of hydrogen-bond acceptors (Lipinski definition) is 1. The van der Waals surface area contributed by atoms with Crippen molar-refractivity contribution in [3.05, 3.63) is 65.7 Å². The van der Waals surface area contributed by atoms with Crippen LogP contribution in [0, 0.1) is 0 Å². The van der Waals surface area contributed by atoms with Crippen molar-refractivity contribution >= 4 is 23.2 Å². The molecule has 20 heavy (non-hydrogen) atoms. The van der Waals surface area contributed by atoms with Gasteiger partial charge in [0.2, 0.25) is 5.91 Å². The number of nitrogens with one attached hydrogen (secondary N) is 1. The molecule has 1 amide bonds. The minimum atomic E-state index is 0.00527. The number of hydrogen-bond donors (Lipinski definition) is 1. The van der Waals surface area contributed by atoms with Crippen molar-refractivity contribution in [3.8, 4) is 0 Å². The highest BCUT2D eigenvalue weighted by atomic mass is 35.5. The van der Waals surface area contributed by atoms with E-state index < -0.39 is 0 Å². The fourth-order valence-corrected chi connectivity index (χ4v) is 2.20. The van der Waals surface area contributed by atoms with Gasteiger partial charge >= 0.3 is 0 Å². The highest BCUT2D eigenvalue weighted by molar-refractivity contribution is 6.17. The second kappa shape index (κ2) is 7.71. The molecule has 0 heterocycles. The molecule has 0 aliphatic heterocycles. The summed E-state index contributed by atoms with van der Waals surface area (Å²) >= 11 is 5.70. The fraction of sp³-hybridized carbons (Fsp3) is 0.235. The van der Waals surface area contributed by atoms with Crippen LogP contribution in [0.2, 0.25) is 0 Å². The van der Waals surface area contributed by atoms with Gasteiger partial charge in [0.1, 0.15) is 0 Å². The first-order chi connectivity index (χ1) is 9.78. The lowest BCUT2D eigenvalue weighted by Crippen LogP contribution is -2.14. The summed E-state index contributed by atoms with van der Waals surface area (Å²) in [6, 6.07) is 17.7. The predicted molar refractivity (Wildman–Crippen MR) is 84.3 cm³/mol. The maximum absolute atomic E-state index is 12.0. The average molecular weight is 288 g/mol. The summed E-state index contributed by atoms with van der Waals surface area (Å²) in [6.07, 6.45) is 2.28. The molecule has 3 heteroatoms.